The van der Waals surface area contributed by atoms with Crippen LogP contribution >= 0.6 is 0 Å². The Bertz CT molecular complexity index is 565. The molecule has 1 aromatic heterocycles. The summed E-state index contributed by atoms with van der Waals surface area (Å²) in [7, 11) is 0. The molecule has 0 bridgehead atoms. The van der Waals surface area contributed by atoms with Crippen molar-refractivity contribution in [3.8, 4) is 0 Å². The molecule has 2 aromatic rings. The number of rotatable bonds is 4. The molecule has 1 saturated heterocycles. The van der Waals surface area contributed by atoms with E-state index in [2.05, 4.69) is 45.2 Å². The normalized spacial score (nSPS) is 26.9. The van der Waals surface area contributed by atoms with Crippen molar-refractivity contribution in [3.63, 3.8) is 0 Å². The molecular weight excluding hydrogens is 262 g/mol. The van der Waals surface area contributed by atoms with Gasteiger partial charge in [-0.3, -0.25) is 4.90 Å². The van der Waals surface area contributed by atoms with Gasteiger partial charge in [0.1, 0.15) is 5.82 Å². The Hall–Kier alpha value is -1.65. The van der Waals surface area contributed by atoms with Crippen molar-refractivity contribution in [2.24, 2.45) is 5.92 Å². The van der Waals surface area contributed by atoms with Gasteiger partial charge in [-0.1, -0.05) is 30.3 Å². The Labute approximate surface area is 125 Å². The lowest BCUT2D eigenvalue weighted by molar-refractivity contribution is -0.0990. The Balaban J connectivity index is 1.51. The molecule has 1 N–H and O–H groups in total. The van der Waals surface area contributed by atoms with E-state index in [0.29, 0.717) is 6.10 Å². The van der Waals surface area contributed by atoms with Crippen LogP contribution in [0.4, 0.5) is 0 Å². The van der Waals surface area contributed by atoms with E-state index in [9.17, 15) is 0 Å². The maximum absolute atomic E-state index is 6.37. The average Bonchev–Trinajstić information content (AvgIpc) is 3.27. The lowest BCUT2D eigenvalue weighted by atomic mass is 10.0. The first kappa shape index (κ1) is 13.0. The summed E-state index contributed by atoms with van der Waals surface area (Å²) >= 11 is 0. The molecule has 2 heterocycles. The third kappa shape index (κ3) is 3.01. The van der Waals surface area contributed by atoms with E-state index in [4.69, 9.17) is 4.74 Å². The molecule has 2 aliphatic rings. The minimum Gasteiger partial charge on any atom is -0.367 e. The van der Waals surface area contributed by atoms with Crippen molar-refractivity contribution >= 4 is 0 Å². The van der Waals surface area contributed by atoms with Gasteiger partial charge in [0.15, 0.2) is 0 Å². The number of hydrogen-bond acceptors (Lipinski definition) is 3. The zero-order chi connectivity index (χ0) is 14.1. The highest BCUT2D eigenvalue weighted by molar-refractivity contribution is 5.18. The monoisotopic (exact) mass is 283 g/mol. The zero-order valence-electron chi connectivity index (χ0n) is 12.1. The predicted octanol–water partition coefficient (Wildman–Crippen LogP) is 2.76. The van der Waals surface area contributed by atoms with Crippen LogP contribution in [0.25, 0.3) is 0 Å². The number of nitrogens with one attached hydrogen (secondary N) is 1. The average molecular weight is 283 g/mol. The molecule has 110 valence electrons. The molecule has 21 heavy (non-hydrogen) atoms. The van der Waals surface area contributed by atoms with Gasteiger partial charge in [-0.2, -0.15) is 0 Å². The molecule has 4 nitrogen and oxygen atoms in total. The van der Waals surface area contributed by atoms with Crippen LogP contribution in [0, 0.1) is 5.92 Å². The fourth-order valence-corrected chi connectivity index (χ4v) is 3.17. The Morgan fingerprint density at radius 3 is 2.76 bits per heavy atom. The fourth-order valence-electron chi connectivity index (χ4n) is 3.17. The largest absolute Gasteiger partial charge is 0.367 e. The number of ether oxygens (including phenoxy) is 1. The second-order valence-electron chi connectivity index (χ2n) is 6.14. The minimum absolute atomic E-state index is 0.181. The van der Waals surface area contributed by atoms with Crippen LogP contribution in [-0.4, -0.2) is 34.1 Å². The van der Waals surface area contributed by atoms with Gasteiger partial charge in [-0.05, 0) is 24.3 Å². The molecule has 1 aliphatic carbocycles. The maximum atomic E-state index is 6.37. The molecule has 1 saturated carbocycles. The van der Waals surface area contributed by atoms with Crippen LogP contribution in [0.15, 0.2) is 42.7 Å². The molecule has 0 spiro atoms. The highest BCUT2D eigenvalue weighted by Gasteiger charge is 2.38. The van der Waals surface area contributed by atoms with Crippen LogP contribution in [0.5, 0.6) is 0 Å². The van der Waals surface area contributed by atoms with Crippen LogP contribution in [-0.2, 0) is 11.3 Å². The third-order valence-corrected chi connectivity index (χ3v) is 4.45. The number of imidazole rings is 1. The molecule has 4 heteroatoms. The van der Waals surface area contributed by atoms with Gasteiger partial charge in [0.05, 0.1) is 18.8 Å². The van der Waals surface area contributed by atoms with E-state index in [1.807, 2.05) is 12.4 Å². The third-order valence-electron chi connectivity index (χ3n) is 4.45. The van der Waals surface area contributed by atoms with E-state index >= 15 is 0 Å². The fraction of sp³-hybridized carbons (Fsp3) is 0.471. The zero-order valence-corrected chi connectivity index (χ0v) is 12.1. The molecule has 1 aromatic carbocycles. The summed E-state index contributed by atoms with van der Waals surface area (Å²) in [6.45, 7) is 2.84. The minimum atomic E-state index is 0.181. The van der Waals surface area contributed by atoms with Crippen molar-refractivity contribution in [3.05, 3.63) is 54.1 Å². The van der Waals surface area contributed by atoms with E-state index in [1.165, 1.54) is 18.4 Å². The molecule has 1 aliphatic heterocycles. The van der Waals surface area contributed by atoms with Gasteiger partial charge in [-0.15, -0.1) is 0 Å². The number of H-pyrrole nitrogens is 1. The van der Waals surface area contributed by atoms with Gasteiger partial charge < -0.3 is 9.72 Å². The molecule has 0 amide bonds. The van der Waals surface area contributed by atoms with Gasteiger partial charge in [0, 0.05) is 25.5 Å². The lowest BCUT2D eigenvalue weighted by Crippen LogP contribution is -2.44. The summed E-state index contributed by atoms with van der Waals surface area (Å²) in [5.74, 6) is 1.80. The van der Waals surface area contributed by atoms with E-state index in [-0.39, 0.29) is 6.10 Å². The number of morpholine rings is 1. The number of nitrogens with zero attached hydrogens (tertiary/aromatic N) is 2. The summed E-state index contributed by atoms with van der Waals surface area (Å²) in [5.41, 5.74) is 1.28. The number of aromatic nitrogens is 2. The Kier molecular flexibility index (Phi) is 3.49. The summed E-state index contributed by atoms with van der Waals surface area (Å²) in [4.78, 5) is 10.0. The highest BCUT2D eigenvalue weighted by Crippen LogP contribution is 2.39. The summed E-state index contributed by atoms with van der Waals surface area (Å²) in [5, 5.41) is 0. The first-order valence-corrected chi connectivity index (χ1v) is 7.79. The maximum Gasteiger partial charge on any atom is 0.120 e. The van der Waals surface area contributed by atoms with E-state index in [0.717, 1.165) is 31.4 Å². The van der Waals surface area contributed by atoms with Crippen LogP contribution in [0.2, 0.25) is 0 Å². The van der Waals surface area contributed by atoms with Crippen LogP contribution in [0.3, 0.4) is 0 Å². The molecule has 2 fully saturated rings. The smallest absolute Gasteiger partial charge is 0.120 e. The quantitative estimate of drug-likeness (QED) is 0.938. The van der Waals surface area contributed by atoms with E-state index in [1.54, 1.807) is 0 Å². The topological polar surface area (TPSA) is 41.2 Å². The molecule has 4 rings (SSSR count). The Morgan fingerprint density at radius 2 is 2.05 bits per heavy atom. The highest BCUT2D eigenvalue weighted by atomic mass is 16.5. The second kappa shape index (κ2) is 5.62. The van der Waals surface area contributed by atoms with Crippen molar-refractivity contribution < 1.29 is 4.74 Å². The SMILES string of the molecule is c1ccc([C@@H]2CN(Cc3ncc[nH]3)C[C@H](C3CC3)O2)cc1. The number of hydrogen-bond donors (Lipinski definition) is 1. The first-order chi connectivity index (χ1) is 10.4. The van der Waals surface area contributed by atoms with Gasteiger partial charge in [-0.25, -0.2) is 4.98 Å². The van der Waals surface area contributed by atoms with Crippen LogP contribution in [0.1, 0.15) is 30.3 Å². The molecular formula is C17H21N3O. The number of aromatic amines is 1. The van der Waals surface area contributed by atoms with Crippen molar-refractivity contribution in [2.45, 2.75) is 31.6 Å². The molecule has 0 radical (unpaired) electrons. The van der Waals surface area contributed by atoms with Gasteiger partial charge in [0.25, 0.3) is 0 Å². The molecule has 2 atom stereocenters. The predicted molar refractivity (Wildman–Crippen MR) is 80.6 cm³/mol. The van der Waals surface area contributed by atoms with Gasteiger partial charge in [0.2, 0.25) is 0 Å². The number of benzene rings is 1. The second-order valence-corrected chi connectivity index (χ2v) is 6.14. The van der Waals surface area contributed by atoms with E-state index < -0.39 is 0 Å². The standard InChI is InChI=1S/C17H21N3O/c1-2-4-13(5-3-1)15-10-20(12-17-18-8-9-19-17)11-16(21-15)14-6-7-14/h1-5,8-9,14-16H,6-7,10-12H2,(H,18,19)/t15-,16+/m0/s1. The van der Waals surface area contributed by atoms with Crippen molar-refractivity contribution in [2.75, 3.05) is 13.1 Å². The van der Waals surface area contributed by atoms with Crippen molar-refractivity contribution in [1.29, 1.82) is 0 Å². The van der Waals surface area contributed by atoms with Crippen LogP contribution < -0.4 is 0 Å². The Morgan fingerprint density at radius 1 is 1.19 bits per heavy atom. The summed E-state index contributed by atoms with van der Waals surface area (Å²) in [6, 6.07) is 10.6. The van der Waals surface area contributed by atoms with Gasteiger partial charge >= 0.3 is 0 Å². The molecule has 0 unspecified atom stereocenters. The summed E-state index contributed by atoms with van der Waals surface area (Å²) in [6.07, 6.45) is 6.91. The van der Waals surface area contributed by atoms with Crippen molar-refractivity contribution in [1.82, 2.24) is 14.9 Å². The summed E-state index contributed by atoms with van der Waals surface area (Å²) < 4.78 is 6.37. The first-order valence-electron chi connectivity index (χ1n) is 7.79. The lowest BCUT2D eigenvalue weighted by Gasteiger charge is -2.38.